The Morgan fingerprint density at radius 3 is 2.43 bits per heavy atom. The Morgan fingerprint density at radius 2 is 1.80 bits per heavy atom. The molecule has 1 aliphatic rings. The van der Waals surface area contributed by atoms with Gasteiger partial charge in [0.1, 0.15) is 10.6 Å². The van der Waals surface area contributed by atoms with Gasteiger partial charge in [0.2, 0.25) is 5.91 Å². The van der Waals surface area contributed by atoms with Gasteiger partial charge in [-0.2, -0.15) is 0 Å². The molecule has 1 heterocycles. The lowest BCUT2D eigenvalue weighted by molar-refractivity contribution is -0.147. The van der Waals surface area contributed by atoms with Crippen molar-refractivity contribution in [2.75, 3.05) is 11.9 Å². The molecule has 1 aliphatic carbocycles. The summed E-state index contributed by atoms with van der Waals surface area (Å²) in [4.78, 5) is 37.3. The molecule has 2 atom stereocenters. The Labute approximate surface area is 180 Å². The fourth-order valence-corrected chi connectivity index (χ4v) is 4.77. The molecule has 3 rings (SSSR count). The summed E-state index contributed by atoms with van der Waals surface area (Å²) >= 11 is 1.26. The lowest BCUT2D eigenvalue weighted by atomic mass is 9.79. The molecule has 1 fully saturated rings. The third-order valence-electron chi connectivity index (χ3n) is 5.45. The third kappa shape index (κ3) is 4.90. The van der Waals surface area contributed by atoms with Crippen molar-refractivity contribution in [3.05, 3.63) is 40.8 Å². The molecule has 0 unspecified atom stereocenters. The number of esters is 1. The van der Waals surface area contributed by atoms with E-state index >= 15 is 0 Å². The lowest BCUT2D eigenvalue weighted by Crippen LogP contribution is -2.36. The summed E-state index contributed by atoms with van der Waals surface area (Å²) in [6, 6.07) is 7.79. The van der Waals surface area contributed by atoms with Crippen molar-refractivity contribution in [2.45, 2.75) is 46.0 Å². The second-order valence-electron chi connectivity index (χ2n) is 7.68. The number of hydrogen-bond donors (Lipinski definition) is 2. The SMILES string of the molecule is CCCOC(=O)c1c(-c2ccc(C)cc2)csc1NC(=O)[C@H]1CCCC[C@H]1C(=O)O. The fourth-order valence-electron chi connectivity index (χ4n) is 3.81. The van der Waals surface area contributed by atoms with Crippen LogP contribution in [0, 0.1) is 18.8 Å². The van der Waals surface area contributed by atoms with Crippen molar-refractivity contribution in [3.63, 3.8) is 0 Å². The number of amides is 1. The van der Waals surface area contributed by atoms with Crippen LogP contribution < -0.4 is 5.32 Å². The van der Waals surface area contributed by atoms with Gasteiger partial charge >= 0.3 is 11.9 Å². The molecule has 160 valence electrons. The van der Waals surface area contributed by atoms with Crippen LogP contribution >= 0.6 is 11.3 Å². The van der Waals surface area contributed by atoms with E-state index in [1.165, 1.54) is 11.3 Å². The van der Waals surface area contributed by atoms with Gasteiger partial charge in [-0.3, -0.25) is 9.59 Å². The highest BCUT2D eigenvalue weighted by Gasteiger charge is 2.36. The first kappa shape index (κ1) is 22.0. The van der Waals surface area contributed by atoms with Crippen molar-refractivity contribution < 1.29 is 24.2 Å². The number of ether oxygens (including phenoxy) is 1. The van der Waals surface area contributed by atoms with Crippen LogP contribution in [0.3, 0.4) is 0 Å². The number of rotatable bonds is 7. The maximum absolute atomic E-state index is 12.9. The second-order valence-corrected chi connectivity index (χ2v) is 8.56. The van der Waals surface area contributed by atoms with Gasteiger partial charge in [-0.1, -0.05) is 49.6 Å². The molecule has 1 saturated carbocycles. The van der Waals surface area contributed by atoms with E-state index in [1.54, 1.807) is 0 Å². The van der Waals surface area contributed by atoms with Crippen molar-refractivity contribution in [2.24, 2.45) is 11.8 Å². The Hall–Kier alpha value is -2.67. The van der Waals surface area contributed by atoms with E-state index in [9.17, 15) is 19.5 Å². The molecule has 7 heteroatoms. The van der Waals surface area contributed by atoms with Gasteiger partial charge in [0.25, 0.3) is 0 Å². The fraction of sp³-hybridized carbons (Fsp3) is 0.435. The molecule has 0 bridgehead atoms. The van der Waals surface area contributed by atoms with Crippen molar-refractivity contribution >= 4 is 34.2 Å². The summed E-state index contributed by atoms with van der Waals surface area (Å²) in [6.45, 7) is 4.20. The van der Waals surface area contributed by atoms with Crippen LogP contribution in [-0.2, 0) is 14.3 Å². The molecular formula is C23H27NO5S. The number of anilines is 1. The molecule has 0 aliphatic heterocycles. The number of carboxylic acids is 1. The summed E-state index contributed by atoms with van der Waals surface area (Å²) in [7, 11) is 0. The number of aliphatic carboxylic acids is 1. The molecule has 2 aromatic rings. The zero-order valence-electron chi connectivity index (χ0n) is 17.3. The average Bonchev–Trinajstić information content (AvgIpc) is 3.16. The Morgan fingerprint density at radius 1 is 1.13 bits per heavy atom. The molecule has 6 nitrogen and oxygen atoms in total. The predicted octanol–water partition coefficient (Wildman–Crippen LogP) is 5.12. The van der Waals surface area contributed by atoms with Gasteiger partial charge in [-0.05, 0) is 31.7 Å². The first-order chi connectivity index (χ1) is 14.4. The van der Waals surface area contributed by atoms with Gasteiger partial charge in [0.05, 0.1) is 18.4 Å². The number of carboxylic acid groups (broad SMARTS) is 1. The highest BCUT2D eigenvalue weighted by molar-refractivity contribution is 7.15. The normalized spacial score (nSPS) is 18.6. The Kier molecular flexibility index (Phi) is 7.26. The zero-order chi connectivity index (χ0) is 21.7. The molecule has 0 saturated heterocycles. The van der Waals surface area contributed by atoms with E-state index in [0.717, 1.165) is 24.0 Å². The van der Waals surface area contributed by atoms with E-state index in [2.05, 4.69) is 5.32 Å². The summed E-state index contributed by atoms with van der Waals surface area (Å²) in [5.74, 6) is -3.05. The number of aryl methyl sites for hydroxylation is 1. The molecule has 0 radical (unpaired) electrons. The minimum absolute atomic E-state index is 0.291. The Balaban J connectivity index is 1.91. The number of nitrogens with one attached hydrogen (secondary N) is 1. The van der Waals surface area contributed by atoms with Gasteiger partial charge in [0, 0.05) is 10.9 Å². The van der Waals surface area contributed by atoms with Crippen LogP contribution in [0.5, 0.6) is 0 Å². The van der Waals surface area contributed by atoms with Crippen molar-refractivity contribution in [3.8, 4) is 11.1 Å². The summed E-state index contributed by atoms with van der Waals surface area (Å²) in [5.41, 5.74) is 3.00. The van der Waals surface area contributed by atoms with E-state index in [1.807, 2.05) is 43.5 Å². The maximum Gasteiger partial charge on any atom is 0.341 e. The molecule has 1 aromatic heterocycles. The van der Waals surface area contributed by atoms with Crippen LogP contribution in [0.4, 0.5) is 5.00 Å². The van der Waals surface area contributed by atoms with E-state index in [0.29, 0.717) is 42.0 Å². The van der Waals surface area contributed by atoms with Gasteiger partial charge < -0.3 is 15.2 Å². The van der Waals surface area contributed by atoms with E-state index in [4.69, 9.17) is 4.74 Å². The van der Waals surface area contributed by atoms with Crippen molar-refractivity contribution in [1.82, 2.24) is 0 Å². The molecule has 2 N–H and O–H groups in total. The molecular weight excluding hydrogens is 402 g/mol. The Bertz CT molecular complexity index is 918. The number of hydrogen-bond acceptors (Lipinski definition) is 5. The lowest BCUT2D eigenvalue weighted by Gasteiger charge is -2.27. The topological polar surface area (TPSA) is 92.7 Å². The molecule has 1 amide bonds. The number of thiophene rings is 1. The highest BCUT2D eigenvalue weighted by atomic mass is 32.1. The molecule has 0 spiro atoms. The highest BCUT2D eigenvalue weighted by Crippen LogP contribution is 2.38. The summed E-state index contributed by atoms with van der Waals surface area (Å²) in [5, 5.41) is 14.6. The zero-order valence-corrected chi connectivity index (χ0v) is 18.1. The smallest absolute Gasteiger partial charge is 0.341 e. The van der Waals surface area contributed by atoms with Gasteiger partial charge in [0.15, 0.2) is 0 Å². The van der Waals surface area contributed by atoms with Crippen molar-refractivity contribution in [1.29, 1.82) is 0 Å². The predicted molar refractivity (Wildman–Crippen MR) is 117 cm³/mol. The minimum atomic E-state index is -0.941. The van der Waals surface area contributed by atoms with E-state index in [-0.39, 0.29) is 5.91 Å². The van der Waals surface area contributed by atoms with Crippen LogP contribution in [-0.4, -0.2) is 29.6 Å². The van der Waals surface area contributed by atoms with E-state index < -0.39 is 23.8 Å². The van der Waals surface area contributed by atoms with Crippen LogP contribution in [0.1, 0.15) is 54.9 Å². The minimum Gasteiger partial charge on any atom is -0.481 e. The van der Waals surface area contributed by atoms with Gasteiger partial charge in [-0.25, -0.2) is 4.79 Å². The van der Waals surface area contributed by atoms with Crippen LogP contribution in [0.25, 0.3) is 11.1 Å². The standard InChI is InChI=1S/C23H27NO5S/c1-3-12-29-23(28)19-18(15-10-8-14(2)9-11-15)13-30-21(19)24-20(25)16-6-4-5-7-17(16)22(26)27/h8-11,13,16-17H,3-7,12H2,1-2H3,(H,24,25)(H,26,27)/t16-,17+/m0/s1. The van der Waals surface area contributed by atoms with Crippen LogP contribution in [0.2, 0.25) is 0 Å². The summed E-state index contributed by atoms with van der Waals surface area (Å²) < 4.78 is 5.37. The average molecular weight is 430 g/mol. The number of carbonyl (C=O) groups excluding carboxylic acids is 2. The summed E-state index contributed by atoms with van der Waals surface area (Å²) in [6.07, 6.45) is 3.37. The second kappa shape index (κ2) is 9.89. The maximum atomic E-state index is 12.9. The number of carbonyl (C=O) groups is 3. The largest absolute Gasteiger partial charge is 0.481 e. The van der Waals surface area contributed by atoms with Gasteiger partial charge in [-0.15, -0.1) is 11.3 Å². The first-order valence-corrected chi connectivity index (χ1v) is 11.2. The van der Waals surface area contributed by atoms with Crippen LogP contribution in [0.15, 0.2) is 29.6 Å². The number of benzene rings is 1. The third-order valence-corrected chi connectivity index (χ3v) is 6.35. The first-order valence-electron chi connectivity index (χ1n) is 10.3. The quantitative estimate of drug-likeness (QED) is 0.596. The molecule has 30 heavy (non-hydrogen) atoms. The monoisotopic (exact) mass is 429 g/mol. The molecule has 1 aromatic carbocycles.